The Bertz CT molecular complexity index is 1170. The Morgan fingerprint density at radius 3 is 2.04 bits per heavy atom. The van der Waals surface area contributed by atoms with Crippen LogP contribution in [0.4, 0.5) is 18.4 Å². The second kappa shape index (κ2) is 18.7. The van der Waals surface area contributed by atoms with Crippen LogP contribution in [0.5, 0.6) is 0 Å². The van der Waals surface area contributed by atoms with E-state index in [-0.39, 0.29) is 12.0 Å². The van der Waals surface area contributed by atoms with Crippen LogP contribution in [0.15, 0.2) is 48.5 Å². The molecule has 0 saturated carbocycles. The second-order valence-corrected chi connectivity index (χ2v) is 13.5. The molecule has 1 unspecified atom stereocenters. The number of amides is 2. The second-order valence-electron chi connectivity index (χ2n) is 13.5. The first-order valence-corrected chi connectivity index (χ1v) is 16.0. The van der Waals surface area contributed by atoms with E-state index in [0.717, 1.165) is 56.0 Å². The van der Waals surface area contributed by atoms with E-state index in [1.165, 1.54) is 0 Å². The zero-order valence-corrected chi connectivity index (χ0v) is 27.8. The minimum Gasteiger partial charge on any atom is -0.444 e. The number of ether oxygens (including phenoxy) is 2. The van der Waals surface area contributed by atoms with Gasteiger partial charge >= 0.3 is 12.2 Å². The summed E-state index contributed by atoms with van der Waals surface area (Å²) in [7, 11) is 0. The summed E-state index contributed by atoms with van der Waals surface area (Å²) < 4.78 is 38.8. The van der Waals surface area contributed by atoms with Gasteiger partial charge in [-0.3, -0.25) is 0 Å². The molecule has 0 fully saturated rings. The van der Waals surface area contributed by atoms with Gasteiger partial charge in [0.1, 0.15) is 22.8 Å². The molecule has 45 heavy (non-hydrogen) atoms. The molecule has 2 aromatic carbocycles. The van der Waals surface area contributed by atoms with E-state index in [9.17, 15) is 23.5 Å². The Morgan fingerprint density at radius 1 is 0.778 bits per heavy atom. The summed E-state index contributed by atoms with van der Waals surface area (Å²) >= 11 is 0. The Morgan fingerprint density at radius 2 is 1.40 bits per heavy atom. The molecular formula is C35H53F2N3O5. The molecule has 10 heteroatoms. The molecule has 0 aliphatic rings. The minimum atomic E-state index is -0.715. The van der Waals surface area contributed by atoms with Crippen molar-refractivity contribution in [1.82, 2.24) is 16.0 Å². The van der Waals surface area contributed by atoms with Crippen molar-refractivity contribution in [3.8, 4) is 0 Å². The summed E-state index contributed by atoms with van der Waals surface area (Å²) in [5.41, 5.74) is -0.0849. The zero-order chi connectivity index (χ0) is 33.5. The van der Waals surface area contributed by atoms with Crippen LogP contribution < -0.4 is 16.0 Å². The molecule has 0 heterocycles. The highest BCUT2D eigenvalue weighted by molar-refractivity contribution is 5.68. The van der Waals surface area contributed by atoms with Crippen LogP contribution >= 0.6 is 0 Å². The van der Waals surface area contributed by atoms with Gasteiger partial charge in [0, 0.05) is 6.04 Å². The maximum Gasteiger partial charge on any atom is 0.407 e. The summed E-state index contributed by atoms with van der Waals surface area (Å²) in [4.78, 5) is 24.8. The lowest BCUT2D eigenvalue weighted by molar-refractivity contribution is 0.0409. The van der Waals surface area contributed by atoms with Gasteiger partial charge in [0.2, 0.25) is 0 Å². The summed E-state index contributed by atoms with van der Waals surface area (Å²) in [6.07, 6.45) is 3.45. The van der Waals surface area contributed by atoms with Crippen LogP contribution in [-0.4, -0.2) is 59.8 Å². The van der Waals surface area contributed by atoms with E-state index in [1.807, 2.05) is 30.3 Å². The first kappa shape index (κ1) is 37.9. The van der Waals surface area contributed by atoms with Gasteiger partial charge < -0.3 is 30.5 Å². The fourth-order valence-electron chi connectivity index (χ4n) is 4.83. The van der Waals surface area contributed by atoms with Crippen molar-refractivity contribution in [2.45, 2.75) is 122 Å². The quantitative estimate of drug-likeness (QED) is 0.142. The molecule has 0 aliphatic heterocycles. The summed E-state index contributed by atoms with van der Waals surface area (Å²) in [6, 6.07) is 12.1. The number of benzene rings is 2. The molecule has 0 aromatic heterocycles. The Hall–Kier alpha value is -3.24. The van der Waals surface area contributed by atoms with Crippen molar-refractivity contribution >= 4 is 12.2 Å². The zero-order valence-electron chi connectivity index (χ0n) is 27.8. The highest BCUT2D eigenvalue weighted by Gasteiger charge is 2.25. The van der Waals surface area contributed by atoms with E-state index >= 15 is 0 Å². The lowest BCUT2D eigenvalue weighted by atomic mass is 9.97. The molecule has 252 valence electrons. The predicted molar refractivity (Wildman–Crippen MR) is 173 cm³/mol. The molecular weight excluding hydrogens is 580 g/mol. The Labute approximate surface area is 267 Å². The third-order valence-corrected chi connectivity index (χ3v) is 6.93. The van der Waals surface area contributed by atoms with Gasteiger partial charge in [-0.25, -0.2) is 18.4 Å². The normalized spacial score (nSPS) is 13.9. The number of aliphatic hydroxyl groups excluding tert-OH is 1. The lowest BCUT2D eigenvalue weighted by Crippen LogP contribution is -2.46. The smallest absolute Gasteiger partial charge is 0.407 e. The number of unbranched alkanes of at least 4 members (excludes halogenated alkanes) is 3. The number of carbonyl (C=O) groups excluding carboxylic acids is 2. The average Bonchev–Trinajstić information content (AvgIpc) is 2.92. The highest BCUT2D eigenvalue weighted by atomic mass is 19.1. The number of hydrogen-bond donors (Lipinski definition) is 4. The summed E-state index contributed by atoms with van der Waals surface area (Å²) in [5, 5.41) is 20.0. The van der Waals surface area contributed by atoms with Crippen LogP contribution in [0.25, 0.3) is 0 Å². The molecule has 8 nitrogen and oxygen atoms in total. The van der Waals surface area contributed by atoms with Gasteiger partial charge in [0.25, 0.3) is 0 Å². The van der Waals surface area contributed by atoms with Gasteiger partial charge in [0.15, 0.2) is 0 Å². The van der Waals surface area contributed by atoms with Gasteiger partial charge in [-0.05, 0) is 116 Å². The maximum atomic E-state index is 14.3. The largest absolute Gasteiger partial charge is 0.444 e. The number of carbonyl (C=O) groups is 2. The lowest BCUT2D eigenvalue weighted by Gasteiger charge is -2.27. The Balaban J connectivity index is 1.75. The summed E-state index contributed by atoms with van der Waals surface area (Å²) in [5.74, 6) is -1.04. The first-order chi connectivity index (χ1) is 21.1. The van der Waals surface area contributed by atoms with Crippen LogP contribution in [0.1, 0.15) is 91.2 Å². The molecule has 3 atom stereocenters. The SMILES string of the molecule is CC(C)(C)OC(=O)NC(CCNCCCCCC[C@@H](O)[C@@H](Cc1ccccc1)NC(=O)OC(C)(C)C)Cc1cc(F)ccc1F. The number of rotatable bonds is 17. The highest BCUT2D eigenvalue weighted by Crippen LogP contribution is 2.16. The van der Waals surface area contributed by atoms with E-state index in [4.69, 9.17) is 9.47 Å². The molecule has 0 bridgehead atoms. The van der Waals surface area contributed by atoms with Crippen LogP contribution in [0.3, 0.4) is 0 Å². The molecule has 2 aromatic rings. The predicted octanol–water partition coefficient (Wildman–Crippen LogP) is 6.83. The summed E-state index contributed by atoms with van der Waals surface area (Å²) in [6.45, 7) is 12.0. The fourth-order valence-corrected chi connectivity index (χ4v) is 4.83. The van der Waals surface area contributed by atoms with Crippen molar-refractivity contribution in [2.24, 2.45) is 0 Å². The third-order valence-electron chi connectivity index (χ3n) is 6.93. The number of hydrogen-bond acceptors (Lipinski definition) is 6. The monoisotopic (exact) mass is 633 g/mol. The number of halogens is 2. The van der Waals surface area contributed by atoms with Gasteiger partial charge in [-0.2, -0.15) is 0 Å². The topological polar surface area (TPSA) is 109 Å². The van der Waals surface area contributed by atoms with Crippen LogP contribution in [0.2, 0.25) is 0 Å². The molecule has 4 N–H and O–H groups in total. The molecule has 0 aliphatic carbocycles. The Kier molecular flexibility index (Phi) is 15.7. The number of nitrogens with one attached hydrogen (secondary N) is 3. The van der Waals surface area contributed by atoms with E-state index in [1.54, 1.807) is 41.5 Å². The standard InChI is InChI=1S/C35H53F2N3O5/c1-34(2,3)44-32(42)39-28(24-26-23-27(36)17-18-29(26)37)19-21-38-20-13-8-7-12-16-31(41)30(22-25-14-10-9-11-15-25)40-33(43)45-35(4,5)6/h9-11,14-15,17-18,23,28,30-31,38,41H,7-8,12-13,16,19-22,24H2,1-6H3,(H,39,42)(H,40,43)/t28?,30-,31-/m1/s1. The number of aliphatic hydroxyl groups is 1. The fraction of sp³-hybridized carbons (Fsp3) is 0.600. The molecule has 2 rings (SSSR count). The van der Waals surface area contributed by atoms with Crippen molar-refractivity contribution in [3.05, 3.63) is 71.3 Å². The molecule has 2 amide bonds. The number of alkyl carbamates (subject to hydrolysis) is 2. The van der Waals surface area contributed by atoms with Crippen molar-refractivity contribution < 1.29 is 33.0 Å². The minimum absolute atomic E-state index is 0.140. The van der Waals surface area contributed by atoms with E-state index < -0.39 is 53.2 Å². The molecule has 0 radical (unpaired) electrons. The van der Waals surface area contributed by atoms with Crippen molar-refractivity contribution in [1.29, 1.82) is 0 Å². The first-order valence-electron chi connectivity index (χ1n) is 16.0. The van der Waals surface area contributed by atoms with Gasteiger partial charge in [-0.1, -0.05) is 49.6 Å². The maximum absolute atomic E-state index is 14.3. The van der Waals surface area contributed by atoms with E-state index in [2.05, 4.69) is 16.0 Å². The van der Waals surface area contributed by atoms with Crippen LogP contribution in [-0.2, 0) is 22.3 Å². The van der Waals surface area contributed by atoms with E-state index in [0.29, 0.717) is 25.8 Å². The van der Waals surface area contributed by atoms with Crippen LogP contribution in [0, 0.1) is 11.6 Å². The molecule has 0 spiro atoms. The van der Waals surface area contributed by atoms with Gasteiger partial charge in [0.05, 0.1) is 12.1 Å². The average molecular weight is 634 g/mol. The molecule has 0 saturated heterocycles. The van der Waals surface area contributed by atoms with Crippen molar-refractivity contribution in [3.63, 3.8) is 0 Å². The van der Waals surface area contributed by atoms with Gasteiger partial charge in [-0.15, -0.1) is 0 Å². The van der Waals surface area contributed by atoms with Crippen molar-refractivity contribution in [2.75, 3.05) is 13.1 Å². The third kappa shape index (κ3) is 17.1.